The molecule has 3 heterocycles. The van der Waals surface area contributed by atoms with Gasteiger partial charge in [0.25, 0.3) is 5.91 Å². The van der Waals surface area contributed by atoms with Crippen molar-refractivity contribution in [3.63, 3.8) is 0 Å². The first-order valence-corrected chi connectivity index (χ1v) is 9.33. The average molecular weight is 330 g/mol. The minimum absolute atomic E-state index is 0.0152. The van der Waals surface area contributed by atoms with Crippen molar-refractivity contribution in [1.82, 2.24) is 14.9 Å². The Labute approximate surface area is 141 Å². The Kier molecular flexibility index (Phi) is 3.87. The van der Waals surface area contributed by atoms with E-state index in [1.54, 1.807) is 12.4 Å². The average Bonchev–Trinajstić information content (AvgIpc) is 2.94. The van der Waals surface area contributed by atoms with Crippen molar-refractivity contribution in [1.29, 1.82) is 0 Å². The highest BCUT2D eigenvalue weighted by atomic mass is 32.2. The molecule has 6 heteroatoms. The summed E-state index contributed by atoms with van der Waals surface area (Å²) in [6.45, 7) is 1.54. The molecule has 0 atom stereocenters. The van der Waals surface area contributed by atoms with Crippen molar-refractivity contribution in [3.8, 4) is 0 Å². The highest BCUT2D eigenvalue weighted by Crippen LogP contribution is 2.53. The van der Waals surface area contributed by atoms with Crippen LogP contribution in [0.3, 0.4) is 0 Å². The predicted molar refractivity (Wildman–Crippen MR) is 91.8 cm³/mol. The first kappa shape index (κ1) is 15.1. The van der Waals surface area contributed by atoms with Crippen molar-refractivity contribution in [2.75, 3.05) is 13.1 Å². The monoisotopic (exact) mass is 330 g/mol. The molecule has 23 heavy (non-hydrogen) atoms. The summed E-state index contributed by atoms with van der Waals surface area (Å²) in [6.07, 6.45) is 15.4. The Morgan fingerprint density at radius 2 is 1.74 bits per heavy atom. The van der Waals surface area contributed by atoms with Gasteiger partial charge in [-0.05, 0) is 25.7 Å². The van der Waals surface area contributed by atoms with Gasteiger partial charge in [-0.2, -0.15) is 0 Å². The molecule has 5 nitrogen and oxygen atoms in total. The van der Waals surface area contributed by atoms with Gasteiger partial charge in [-0.15, -0.1) is 11.8 Å². The van der Waals surface area contributed by atoms with Gasteiger partial charge >= 0.3 is 0 Å². The first-order valence-electron chi connectivity index (χ1n) is 8.51. The fourth-order valence-electron chi connectivity index (χ4n) is 3.93. The predicted octanol–water partition coefficient (Wildman–Crippen LogP) is 2.93. The summed E-state index contributed by atoms with van der Waals surface area (Å²) in [4.78, 5) is 27.3. The smallest absolute Gasteiger partial charge is 0.256 e. The molecule has 1 aromatic rings. The number of nitrogens with zero attached hydrogens (tertiary/aromatic N) is 4. The number of hydrogen-bond donors (Lipinski definition) is 0. The fourth-order valence-corrected chi connectivity index (χ4v) is 5.78. The number of likely N-dealkylation sites (tertiary alicyclic amines) is 1. The molecule has 0 radical (unpaired) electrons. The Bertz CT molecular complexity index is 604. The van der Waals surface area contributed by atoms with Gasteiger partial charge in [0.15, 0.2) is 0 Å². The van der Waals surface area contributed by atoms with E-state index in [0.29, 0.717) is 5.56 Å². The lowest BCUT2D eigenvalue weighted by Gasteiger charge is -2.40. The number of rotatable bonds is 1. The molecule has 2 aliphatic heterocycles. The molecule has 2 fully saturated rings. The van der Waals surface area contributed by atoms with Crippen LogP contribution in [0.4, 0.5) is 0 Å². The van der Waals surface area contributed by atoms with Crippen LogP contribution in [0.15, 0.2) is 23.7 Å². The van der Waals surface area contributed by atoms with Gasteiger partial charge in [-0.25, -0.2) is 9.97 Å². The number of thioether (sulfide) groups is 1. The molecule has 1 amide bonds. The molecule has 1 aliphatic carbocycles. The number of hydrogen-bond acceptors (Lipinski definition) is 5. The van der Waals surface area contributed by atoms with Crippen LogP contribution in [0, 0.1) is 0 Å². The zero-order chi connectivity index (χ0) is 15.8. The highest BCUT2D eigenvalue weighted by molar-refractivity contribution is 8.03. The molecular formula is C17H22N4OS. The zero-order valence-electron chi connectivity index (χ0n) is 13.3. The molecule has 0 bridgehead atoms. The van der Waals surface area contributed by atoms with Crippen molar-refractivity contribution in [2.24, 2.45) is 4.99 Å². The van der Waals surface area contributed by atoms with Crippen LogP contribution in [0.5, 0.6) is 0 Å². The van der Waals surface area contributed by atoms with E-state index in [4.69, 9.17) is 4.99 Å². The normalized spacial score (nSPS) is 25.1. The van der Waals surface area contributed by atoms with E-state index in [9.17, 15) is 4.79 Å². The highest BCUT2D eigenvalue weighted by Gasteiger charge is 2.48. The second-order valence-electron chi connectivity index (χ2n) is 6.85. The van der Waals surface area contributed by atoms with Gasteiger partial charge in [-0.1, -0.05) is 19.3 Å². The second-order valence-corrected chi connectivity index (χ2v) is 8.63. The van der Waals surface area contributed by atoms with Crippen molar-refractivity contribution in [3.05, 3.63) is 24.3 Å². The molecule has 3 aliphatic rings. The molecule has 0 aromatic carbocycles. The summed E-state index contributed by atoms with van der Waals surface area (Å²) >= 11 is 2.08. The van der Waals surface area contributed by atoms with E-state index in [1.165, 1.54) is 38.4 Å². The van der Waals surface area contributed by atoms with Crippen LogP contribution >= 0.6 is 11.8 Å². The third kappa shape index (κ3) is 2.89. The largest absolute Gasteiger partial charge is 0.338 e. The Morgan fingerprint density at radius 3 is 2.43 bits per heavy atom. The molecule has 1 saturated heterocycles. The topological polar surface area (TPSA) is 58.5 Å². The van der Waals surface area contributed by atoms with Crippen LogP contribution in [-0.2, 0) is 0 Å². The lowest BCUT2D eigenvalue weighted by molar-refractivity contribution is 0.0706. The minimum atomic E-state index is 0.0152. The maximum Gasteiger partial charge on any atom is 0.256 e. The summed E-state index contributed by atoms with van der Waals surface area (Å²) in [5.74, 6) is 0.0415. The molecular weight excluding hydrogens is 308 g/mol. The van der Waals surface area contributed by atoms with E-state index < -0.39 is 0 Å². The van der Waals surface area contributed by atoms with Crippen LogP contribution in [-0.4, -0.2) is 49.7 Å². The summed E-state index contributed by atoms with van der Waals surface area (Å²) in [5, 5.41) is 0. The summed E-state index contributed by atoms with van der Waals surface area (Å²) in [5.41, 5.74) is 0.578. The van der Waals surface area contributed by atoms with E-state index in [-0.39, 0.29) is 15.5 Å². The first-order chi connectivity index (χ1) is 11.2. The van der Waals surface area contributed by atoms with Crippen LogP contribution in [0.25, 0.3) is 0 Å². The third-order valence-electron chi connectivity index (χ3n) is 5.27. The van der Waals surface area contributed by atoms with Crippen LogP contribution in [0.1, 0.15) is 55.3 Å². The number of aromatic nitrogens is 2. The van der Waals surface area contributed by atoms with Gasteiger partial charge in [0.05, 0.1) is 10.3 Å². The number of aliphatic imine (C=N–C) groups is 1. The van der Waals surface area contributed by atoms with Gasteiger partial charge < -0.3 is 4.90 Å². The Morgan fingerprint density at radius 1 is 1.04 bits per heavy atom. The lowest BCUT2D eigenvalue weighted by Crippen LogP contribution is -2.44. The van der Waals surface area contributed by atoms with E-state index in [1.807, 2.05) is 4.90 Å². The van der Waals surface area contributed by atoms with Gasteiger partial charge in [-0.3, -0.25) is 9.79 Å². The Balaban J connectivity index is 1.40. The second kappa shape index (κ2) is 5.89. The summed E-state index contributed by atoms with van der Waals surface area (Å²) in [7, 11) is 0. The molecule has 4 rings (SSSR count). The zero-order valence-corrected chi connectivity index (χ0v) is 14.1. The Hall–Kier alpha value is -1.43. The van der Waals surface area contributed by atoms with Gasteiger partial charge in [0, 0.05) is 31.7 Å². The summed E-state index contributed by atoms with van der Waals surface area (Å²) in [6, 6.07) is 0. The van der Waals surface area contributed by atoms with Crippen molar-refractivity contribution in [2.45, 2.75) is 54.6 Å². The third-order valence-corrected chi connectivity index (χ3v) is 7.08. The minimum Gasteiger partial charge on any atom is -0.338 e. The molecule has 0 unspecified atom stereocenters. The van der Waals surface area contributed by atoms with E-state index >= 15 is 0 Å². The number of amides is 1. The van der Waals surface area contributed by atoms with Crippen LogP contribution in [0.2, 0.25) is 0 Å². The SMILES string of the molecule is O=C(c1cncnc1)N1CCC2(CC1)N=CC1(CCCCC1)S2. The summed E-state index contributed by atoms with van der Waals surface area (Å²) < 4.78 is 0.289. The standard InChI is InChI=1S/C17H22N4OS/c22-15(14-10-18-13-19-11-14)21-8-6-17(7-9-21)20-12-16(23-17)4-2-1-3-5-16/h10-13H,1-9H2. The molecule has 1 saturated carbocycles. The lowest BCUT2D eigenvalue weighted by atomic mass is 9.89. The van der Waals surface area contributed by atoms with Gasteiger partial charge in [0.1, 0.15) is 11.2 Å². The van der Waals surface area contributed by atoms with E-state index in [0.717, 1.165) is 25.9 Å². The number of carbonyl (C=O) groups is 1. The van der Waals surface area contributed by atoms with Crippen molar-refractivity contribution >= 4 is 23.9 Å². The fraction of sp³-hybridized carbons (Fsp3) is 0.647. The van der Waals surface area contributed by atoms with Crippen molar-refractivity contribution < 1.29 is 4.79 Å². The van der Waals surface area contributed by atoms with Gasteiger partial charge in [0.2, 0.25) is 0 Å². The molecule has 122 valence electrons. The molecule has 1 aromatic heterocycles. The number of piperidine rings is 1. The maximum absolute atomic E-state index is 12.5. The van der Waals surface area contributed by atoms with E-state index in [2.05, 4.69) is 27.9 Å². The molecule has 0 N–H and O–H groups in total. The number of carbonyl (C=O) groups excluding carboxylic acids is 1. The molecule has 2 spiro atoms. The quantitative estimate of drug-likeness (QED) is 0.794. The maximum atomic E-state index is 12.5. The van der Waals surface area contributed by atoms with Crippen LogP contribution < -0.4 is 0 Å².